The molecule has 10 nitrogen and oxygen atoms in total. The zero-order valence-electron chi connectivity index (χ0n) is 33.9. The number of likely N-dealkylation sites (tertiary alicyclic amines) is 2. The molecule has 3 aromatic rings. The predicted octanol–water partition coefficient (Wildman–Crippen LogP) is 9.19. The Hall–Kier alpha value is -4.38. The second-order valence-corrected chi connectivity index (χ2v) is 17.0. The van der Waals surface area contributed by atoms with E-state index in [1.165, 1.54) is 4.90 Å². The van der Waals surface area contributed by atoms with E-state index in [0.717, 1.165) is 53.9 Å². The first-order valence-corrected chi connectivity index (χ1v) is 21.4. The molecule has 17 heteroatoms. The van der Waals surface area contributed by atoms with E-state index in [0.29, 0.717) is 48.5 Å². The molecule has 3 atom stereocenters. The monoisotopic (exact) mass is 867 g/mol. The van der Waals surface area contributed by atoms with Crippen LogP contribution in [0.5, 0.6) is 11.5 Å². The maximum atomic E-state index is 15.0. The van der Waals surface area contributed by atoms with E-state index >= 15 is 4.79 Å². The molecule has 3 fully saturated rings. The van der Waals surface area contributed by atoms with Gasteiger partial charge in [-0.2, -0.15) is 26.3 Å². The van der Waals surface area contributed by atoms with Crippen molar-refractivity contribution in [2.45, 2.75) is 127 Å². The summed E-state index contributed by atoms with van der Waals surface area (Å²) < 4.78 is 102. The van der Waals surface area contributed by atoms with Crippen LogP contribution in [-0.2, 0) is 32.3 Å². The molecule has 3 aliphatic rings. The van der Waals surface area contributed by atoms with Gasteiger partial charge >= 0.3 is 18.3 Å². The summed E-state index contributed by atoms with van der Waals surface area (Å²) in [6.07, 6.45) is -4.70. The van der Waals surface area contributed by atoms with Crippen molar-refractivity contribution in [2.75, 3.05) is 26.2 Å². The first kappa shape index (κ1) is 45.2. The van der Waals surface area contributed by atoms with Crippen LogP contribution in [0.1, 0.15) is 118 Å². The van der Waals surface area contributed by atoms with Crippen molar-refractivity contribution in [1.82, 2.24) is 14.8 Å². The molecule has 0 spiro atoms. The molecular weight excluding hydrogens is 817 g/mol. The number of halogens is 6. The Morgan fingerprint density at radius 1 is 0.950 bits per heavy atom. The third-order valence-electron chi connectivity index (χ3n) is 12.2. The lowest BCUT2D eigenvalue weighted by atomic mass is 9.66. The van der Waals surface area contributed by atoms with Crippen LogP contribution in [0.2, 0.25) is 0 Å². The average Bonchev–Trinajstić information content (AvgIpc) is 3.67. The summed E-state index contributed by atoms with van der Waals surface area (Å²) in [5.41, 5.74) is -5.57. The quantitative estimate of drug-likeness (QED) is 0.126. The molecule has 0 bridgehead atoms. The van der Waals surface area contributed by atoms with Crippen LogP contribution < -0.4 is 9.47 Å². The van der Waals surface area contributed by atoms with E-state index in [2.05, 4.69) is 4.98 Å². The van der Waals surface area contributed by atoms with Gasteiger partial charge in [0.2, 0.25) is 5.60 Å². The fourth-order valence-electron chi connectivity index (χ4n) is 8.85. The molecule has 0 radical (unpaired) electrons. The highest BCUT2D eigenvalue weighted by molar-refractivity contribution is 7.10. The van der Waals surface area contributed by atoms with E-state index in [9.17, 15) is 41.0 Å². The van der Waals surface area contributed by atoms with Crippen LogP contribution in [-0.4, -0.2) is 81.7 Å². The third-order valence-corrected chi connectivity index (χ3v) is 13.1. The van der Waals surface area contributed by atoms with Crippen LogP contribution in [0.3, 0.4) is 0 Å². The molecule has 2 amide bonds. The van der Waals surface area contributed by atoms with Gasteiger partial charge in [0.25, 0.3) is 11.8 Å². The highest BCUT2D eigenvalue weighted by atomic mass is 32.1. The Morgan fingerprint density at radius 2 is 1.67 bits per heavy atom. The van der Waals surface area contributed by atoms with E-state index in [1.807, 2.05) is 6.92 Å². The topological polar surface area (TPSA) is 119 Å². The Bertz CT molecular complexity index is 1990. The molecule has 6 rings (SSSR count). The highest BCUT2D eigenvalue weighted by Crippen LogP contribution is 2.48. The number of carbonyl (C=O) groups excluding carboxylic acids is 3. The largest absolute Gasteiger partial charge is 0.490 e. The second kappa shape index (κ2) is 17.9. The smallest absolute Gasteiger partial charge is 0.425 e. The molecule has 0 unspecified atom stereocenters. The molecule has 2 saturated heterocycles. The van der Waals surface area contributed by atoms with Gasteiger partial charge in [0, 0.05) is 49.3 Å². The SMILES string of the molecule is CCC[C@H]1N(C(=O)c2ncccc2C(F)(F)F)CCC[C@@]1(Oc1csc(C(F)(F)F)c1)C(=O)N1CCC(O)(c2ccccc2O[C@H](C)CCC2(C(=O)OCC)CCC2)CC1. The van der Waals surface area contributed by atoms with E-state index in [4.69, 9.17) is 14.2 Å². The molecule has 2 aliphatic heterocycles. The summed E-state index contributed by atoms with van der Waals surface area (Å²) in [7, 11) is 0. The number of piperidine rings is 2. The minimum Gasteiger partial charge on any atom is -0.490 e. The Morgan fingerprint density at radius 3 is 2.28 bits per heavy atom. The fourth-order valence-corrected chi connectivity index (χ4v) is 9.52. The van der Waals surface area contributed by atoms with Gasteiger partial charge in [-0.05, 0) is 83.4 Å². The number of para-hydroxylation sites is 1. The van der Waals surface area contributed by atoms with Crippen LogP contribution in [0.4, 0.5) is 26.3 Å². The molecule has 1 saturated carbocycles. The Balaban J connectivity index is 1.26. The molecule has 2 aromatic heterocycles. The van der Waals surface area contributed by atoms with Gasteiger partial charge in [0.15, 0.2) is 0 Å². The van der Waals surface area contributed by atoms with Crippen LogP contribution >= 0.6 is 11.3 Å². The molecule has 1 N–H and O–H groups in total. The molecule has 1 aliphatic carbocycles. The van der Waals surface area contributed by atoms with E-state index < -0.39 is 63.0 Å². The fraction of sp³-hybridized carbons (Fsp3) is 0.581. The van der Waals surface area contributed by atoms with Crippen molar-refractivity contribution < 1.29 is 60.0 Å². The van der Waals surface area contributed by atoms with E-state index in [1.54, 1.807) is 38.1 Å². The zero-order valence-corrected chi connectivity index (χ0v) is 34.7. The summed E-state index contributed by atoms with van der Waals surface area (Å²) in [6, 6.07) is 8.44. The number of hydrogen-bond donors (Lipinski definition) is 1. The van der Waals surface area contributed by atoms with E-state index in [-0.39, 0.29) is 69.6 Å². The maximum Gasteiger partial charge on any atom is 0.425 e. The average molecular weight is 868 g/mol. The van der Waals surface area contributed by atoms with Crippen molar-refractivity contribution in [2.24, 2.45) is 5.41 Å². The van der Waals surface area contributed by atoms with Gasteiger partial charge in [0.1, 0.15) is 22.1 Å². The summed E-state index contributed by atoms with van der Waals surface area (Å²) in [5, 5.41) is 13.3. The minimum absolute atomic E-state index is 0.0188. The van der Waals surface area contributed by atoms with Crippen molar-refractivity contribution in [3.05, 3.63) is 75.7 Å². The molecule has 60 heavy (non-hydrogen) atoms. The van der Waals surface area contributed by atoms with Gasteiger partial charge < -0.3 is 29.1 Å². The highest BCUT2D eigenvalue weighted by Gasteiger charge is 2.57. The third kappa shape index (κ3) is 9.26. The number of hydrogen-bond acceptors (Lipinski definition) is 9. The number of esters is 1. The van der Waals surface area contributed by atoms with Crippen molar-refractivity contribution in [1.29, 1.82) is 0 Å². The normalized spacial score (nSPS) is 22.1. The lowest BCUT2D eigenvalue weighted by Gasteiger charge is -2.51. The van der Waals surface area contributed by atoms with Crippen LogP contribution in [0.25, 0.3) is 0 Å². The number of rotatable bonds is 14. The number of thiophene rings is 1. The van der Waals surface area contributed by atoms with Crippen molar-refractivity contribution >= 4 is 29.1 Å². The summed E-state index contributed by atoms with van der Waals surface area (Å²) in [6.45, 7) is 5.66. The molecular formula is C43H51F6N3O7S. The van der Waals surface area contributed by atoms with Crippen LogP contribution in [0, 0.1) is 5.41 Å². The molecule has 4 heterocycles. The summed E-state index contributed by atoms with van der Waals surface area (Å²) >= 11 is 0.372. The Kier molecular flexibility index (Phi) is 13.5. The number of carbonyl (C=O) groups is 3. The van der Waals surface area contributed by atoms with Gasteiger partial charge in [-0.3, -0.25) is 19.4 Å². The number of alkyl halides is 6. The lowest BCUT2D eigenvalue weighted by molar-refractivity contribution is -0.163. The maximum absolute atomic E-state index is 15.0. The standard InChI is InChI=1S/C43H51F6N3O7S/c1-4-11-33-41(59-29-26-34(60-27-29)43(47,48)49,18-10-23-52(33)36(53)35-31(42(44,45)46)13-8-22-50-35)37(54)51-24-20-40(56,21-25-51)30-12-6-7-14-32(30)58-28(3)15-19-39(16-9-17-39)38(55)57-5-2/h6-8,12-14,22,26-28,33,56H,4-5,9-11,15-21,23-25H2,1-3H3/t28-,33-,41+/m1/s1. The number of ether oxygens (including phenoxy) is 3. The first-order chi connectivity index (χ1) is 28.4. The van der Waals surface area contributed by atoms with Crippen LogP contribution in [0.15, 0.2) is 54.0 Å². The summed E-state index contributed by atoms with van der Waals surface area (Å²) in [4.78, 5) is 47.3. The van der Waals surface area contributed by atoms with Gasteiger partial charge in [0.05, 0.1) is 35.3 Å². The Labute approximate surface area is 349 Å². The number of amides is 2. The molecule has 328 valence electrons. The summed E-state index contributed by atoms with van der Waals surface area (Å²) in [5.74, 6) is -1.73. The number of aromatic nitrogens is 1. The number of pyridine rings is 1. The van der Waals surface area contributed by atoms with Gasteiger partial charge in [-0.1, -0.05) is 38.0 Å². The number of aliphatic hydroxyl groups is 1. The lowest BCUT2D eigenvalue weighted by Crippen LogP contribution is -2.68. The van der Waals surface area contributed by atoms with Crippen molar-refractivity contribution in [3.8, 4) is 11.5 Å². The molecule has 1 aromatic carbocycles. The number of benzene rings is 1. The minimum atomic E-state index is -4.92. The zero-order chi connectivity index (χ0) is 43.5. The first-order valence-electron chi connectivity index (χ1n) is 20.5. The number of nitrogens with zero attached hydrogens (tertiary/aromatic N) is 3. The van der Waals surface area contributed by atoms with Crippen molar-refractivity contribution in [3.63, 3.8) is 0 Å². The van der Waals surface area contributed by atoms with Gasteiger partial charge in [-0.25, -0.2) is 0 Å². The predicted molar refractivity (Wildman–Crippen MR) is 209 cm³/mol. The second-order valence-electron chi connectivity index (χ2n) is 16.1. The van der Waals surface area contributed by atoms with Gasteiger partial charge in [-0.15, -0.1) is 11.3 Å².